The van der Waals surface area contributed by atoms with Gasteiger partial charge in [0, 0.05) is 26.2 Å². The van der Waals surface area contributed by atoms with Gasteiger partial charge in [-0.05, 0) is 36.7 Å². The molecular weight excluding hydrogens is 451 g/mol. The summed E-state index contributed by atoms with van der Waals surface area (Å²) in [6, 6.07) is 12.8. The molecule has 1 aliphatic rings. The Morgan fingerprint density at radius 1 is 1.26 bits per heavy atom. The maximum Gasteiger partial charge on any atom is 0.194 e. The van der Waals surface area contributed by atoms with Crippen LogP contribution in [0, 0.1) is 5.92 Å². The molecule has 0 bridgehead atoms. The Morgan fingerprint density at radius 2 is 1.96 bits per heavy atom. The maximum absolute atomic E-state index is 5.41. The Balaban J connectivity index is 0.00000261. The van der Waals surface area contributed by atoms with Gasteiger partial charge in [-0.3, -0.25) is 4.99 Å². The molecule has 6 heteroatoms. The third-order valence-corrected chi connectivity index (χ3v) is 5.08. The molecule has 1 aliphatic heterocycles. The van der Waals surface area contributed by atoms with Gasteiger partial charge in [0.2, 0.25) is 0 Å². The van der Waals surface area contributed by atoms with E-state index in [0.717, 1.165) is 36.4 Å². The van der Waals surface area contributed by atoms with E-state index in [1.54, 1.807) is 0 Å². The number of piperidine rings is 1. The summed E-state index contributed by atoms with van der Waals surface area (Å²) in [6.07, 6.45) is 3.58. The second-order valence-corrected chi connectivity index (χ2v) is 7.39. The first-order valence-corrected chi connectivity index (χ1v) is 9.60. The lowest BCUT2D eigenvalue weighted by molar-refractivity contribution is 0.258. The van der Waals surface area contributed by atoms with Crippen LogP contribution < -0.4 is 5.32 Å². The number of hydrogen-bond acceptors (Lipinski definition) is 3. The van der Waals surface area contributed by atoms with Crippen LogP contribution in [0.15, 0.2) is 45.9 Å². The molecule has 3 rings (SSSR count). The van der Waals surface area contributed by atoms with E-state index in [9.17, 15) is 0 Å². The minimum atomic E-state index is 0. The molecule has 1 aromatic carbocycles. The monoisotopic (exact) mass is 482 g/mol. The van der Waals surface area contributed by atoms with Crippen molar-refractivity contribution in [3.8, 4) is 0 Å². The van der Waals surface area contributed by atoms with Gasteiger partial charge in [-0.1, -0.05) is 49.3 Å². The Labute approximate surface area is 179 Å². The molecule has 0 saturated carbocycles. The molecule has 0 amide bonds. The summed E-state index contributed by atoms with van der Waals surface area (Å²) in [4.78, 5) is 6.80. The first kappa shape index (κ1) is 21.7. The van der Waals surface area contributed by atoms with Gasteiger partial charge in [-0.2, -0.15) is 0 Å². The average molecular weight is 482 g/mol. The van der Waals surface area contributed by atoms with E-state index >= 15 is 0 Å². The number of aromatic nitrogens is 1. The van der Waals surface area contributed by atoms with Crippen LogP contribution in [0.1, 0.15) is 49.6 Å². The minimum absolute atomic E-state index is 0. The first-order chi connectivity index (χ1) is 12.7. The standard InChI is InChI=1S/C21H30N4O.HI/c1-16(2)20-14-19(26-24-20)15-23-21(22-3)25-11-9-18(10-12-25)13-17-7-5-4-6-8-17;/h4-8,14,16,18H,9-13,15H2,1-3H3,(H,22,23);1H. The van der Waals surface area contributed by atoms with Gasteiger partial charge in [0.15, 0.2) is 11.7 Å². The number of guanidine groups is 1. The lowest BCUT2D eigenvalue weighted by Crippen LogP contribution is -2.45. The van der Waals surface area contributed by atoms with Crippen LogP contribution in [0.2, 0.25) is 0 Å². The summed E-state index contributed by atoms with van der Waals surface area (Å²) in [5.74, 6) is 2.95. The number of nitrogens with one attached hydrogen (secondary N) is 1. The highest BCUT2D eigenvalue weighted by atomic mass is 127. The van der Waals surface area contributed by atoms with Gasteiger partial charge >= 0.3 is 0 Å². The van der Waals surface area contributed by atoms with E-state index in [1.165, 1.54) is 24.8 Å². The third-order valence-electron chi connectivity index (χ3n) is 5.08. The second kappa shape index (κ2) is 10.7. The molecule has 2 aromatic rings. The minimum Gasteiger partial charge on any atom is -0.359 e. The van der Waals surface area contributed by atoms with Crippen LogP contribution in [0.5, 0.6) is 0 Å². The molecule has 1 aromatic heterocycles. The zero-order valence-corrected chi connectivity index (χ0v) is 18.8. The molecule has 0 aliphatic carbocycles. The first-order valence-electron chi connectivity index (χ1n) is 9.60. The number of rotatable bonds is 5. The molecule has 27 heavy (non-hydrogen) atoms. The molecule has 2 heterocycles. The van der Waals surface area contributed by atoms with Crippen LogP contribution in [0.4, 0.5) is 0 Å². The predicted molar refractivity (Wildman–Crippen MR) is 121 cm³/mol. The van der Waals surface area contributed by atoms with E-state index in [0.29, 0.717) is 12.5 Å². The molecular formula is C21H31IN4O. The zero-order chi connectivity index (χ0) is 18.4. The summed E-state index contributed by atoms with van der Waals surface area (Å²) < 4.78 is 5.41. The van der Waals surface area contributed by atoms with Crippen molar-refractivity contribution in [2.45, 2.75) is 45.6 Å². The number of aliphatic imine (C=N–C) groups is 1. The second-order valence-electron chi connectivity index (χ2n) is 7.39. The molecule has 5 nitrogen and oxygen atoms in total. The van der Waals surface area contributed by atoms with Crippen molar-refractivity contribution in [1.82, 2.24) is 15.4 Å². The molecule has 0 unspecified atom stereocenters. The van der Waals surface area contributed by atoms with Crippen LogP contribution in [0.3, 0.4) is 0 Å². The Hall–Kier alpha value is -1.57. The molecule has 1 saturated heterocycles. The highest BCUT2D eigenvalue weighted by Crippen LogP contribution is 2.22. The van der Waals surface area contributed by atoms with Crippen LogP contribution in [0.25, 0.3) is 0 Å². The lowest BCUT2D eigenvalue weighted by atomic mass is 9.90. The Bertz CT molecular complexity index is 706. The van der Waals surface area contributed by atoms with Crippen LogP contribution >= 0.6 is 24.0 Å². The summed E-state index contributed by atoms with van der Waals surface area (Å²) >= 11 is 0. The lowest BCUT2D eigenvalue weighted by Gasteiger charge is -2.34. The van der Waals surface area contributed by atoms with Gasteiger partial charge in [-0.25, -0.2) is 0 Å². The van der Waals surface area contributed by atoms with E-state index < -0.39 is 0 Å². The van der Waals surface area contributed by atoms with E-state index in [1.807, 2.05) is 13.1 Å². The topological polar surface area (TPSA) is 53.7 Å². The smallest absolute Gasteiger partial charge is 0.194 e. The highest BCUT2D eigenvalue weighted by Gasteiger charge is 2.22. The SMILES string of the molecule is CN=C(NCc1cc(C(C)C)no1)N1CCC(Cc2ccccc2)CC1.I. The summed E-state index contributed by atoms with van der Waals surface area (Å²) in [5.41, 5.74) is 2.44. The summed E-state index contributed by atoms with van der Waals surface area (Å²) in [7, 11) is 1.85. The largest absolute Gasteiger partial charge is 0.359 e. The van der Waals surface area contributed by atoms with Gasteiger partial charge in [0.1, 0.15) is 0 Å². The molecule has 0 atom stereocenters. The quantitative estimate of drug-likeness (QED) is 0.389. The van der Waals surface area contributed by atoms with Crippen molar-refractivity contribution in [2.24, 2.45) is 10.9 Å². The van der Waals surface area contributed by atoms with Gasteiger partial charge in [-0.15, -0.1) is 24.0 Å². The molecule has 148 valence electrons. The summed E-state index contributed by atoms with van der Waals surface area (Å²) in [6.45, 7) is 6.95. The van der Waals surface area contributed by atoms with Crippen molar-refractivity contribution < 1.29 is 4.52 Å². The molecule has 1 N–H and O–H groups in total. The fraction of sp³-hybridized carbons (Fsp3) is 0.524. The average Bonchev–Trinajstić information content (AvgIpc) is 3.14. The van der Waals surface area contributed by atoms with E-state index in [4.69, 9.17) is 4.52 Å². The maximum atomic E-state index is 5.41. The normalized spacial score (nSPS) is 15.7. The van der Waals surface area contributed by atoms with Crippen molar-refractivity contribution in [3.05, 3.63) is 53.4 Å². The van der Waals surface area contributed by atoms with Gasteiger partial charge in [0.05, 0.1) is 12.2 Å². The number of halogens is 1. The van der Waals surface area contributed by atoms with Crippen molar-refractivity contribution >= 4 is 29.9 Å². The highest BCUT2D eigenvalue weighted by molar-refractivity contribution is 14.0. The zero-order valence-electron chi connectivity index (χ0n) is 16.5. The fourth-order valence-electron chi connectivity index (χ4n) is 3.48. The van der Waals surface area contributed by atoms with Gasteiger partial charge < -0.3 is 14.7 Å². The third kappa shape index (κ3) is 6.23. The van der Waals surface area contributed by atoms with E-state index in [-0.39, 0.29) is 24.0 Å². The van der Waals surface area contributed by atoms with Crippen LogP contribution in [-0.4, -0.2) is 36.2 Å². The van der Waals surface area contributed by atoms with Crippen molar-refractivity contribution in [2.75, 3.05) is 20.1 Å². The Morgan fingerprint density at radius 3 is 2.56 bits per heavy atom. The van der Waals surface area contributed by atoms with Crippen molar-refractivity contribution in [1.29, 1.82) is 0 Å². The number of hydrogen-bond donors (Lipinski definition) is 1. The number of likely N-dealkylation sites (tertiary alicyclic amines) is 1. The Kier molecular flexibility index (Phi) is 8.60. The van der Waals surface area contributed by atoms with Gasteiger partial charge in [0.25, 0.3) is 0 Å². The van der Waals surface area contributed by atoms with Crippen LogP contribution in [-0.2, 0) is 13.0 Å². The molecule has 0 radical (unpaired) electrons. The van der Waals surface area contributed by atoms with E-state index in [2.05, 4.69) is 64.5 Å². The summed E-state index contributed by atoms with van der Waals surface area (Å²) in [5, 5.41) is 7.53. The number of nitrogens with zero attached hydrogens (tertiary/aromatic N) is 3. The fourth-order valence-corrected chi connectivity index (χ4v) is 3.48. The molecule has 1 fully saturated rings. The van der Waals surface area contributed by atoms with Crippen molar-refractivity contribution in [3.63, 3.8) is 0 Å². The predicted octanol–water partition coefficient (Wildman–Crippen LogP) is 4.45. The number of benzene rings is 1. The molecule has 0 spiro atoms.